The van der Waals surface area contributed by atoms with E-state index in [9.17, 15) is 0 Å². The van der Waals surface area contributed by atoms with Crippen molar-refractivity contribution in [2.45, 2.75) is 40.2 Å². The van der Waals surface area contributed by atoms with Crippen LogP contribution in [0.25, 0.3) is 0 Å². The Hall–Kier alpha value is -0.870. The summed E-state index contributed by atoms with van der Waals surface area (Å²) in [5, 5.41) is 7.87. The van der Waals surface area contributed by atoms with Crippen molar-refractivity contribution < 1.29 is 4.74 Å². The summed E-state index contributed by atoms with van der Waals surface area (Å²) < 4.78 is 7.42. The standard InChI is InChI=1S/C14H27N3O/c1-11(2)10-18-8-6-7-15-12(3)14-9-17(5)16-13(14)4/h9,11-12,15H,6-8,10H2,1-5H3. The summed E-state index contributed by atoms with van der Waals surface area (Å²) in [5.41, 5.74) is 2.38. The summed E-state index contributed by atoms with van der Waals surface area (Å²) in [6.07, 6.45) is 3.14. The highest BCUT2D eigenvalue weighted by Gasteiger charge is 2.10. The summed E-state index contributed by atoms with van der Waals surface area (Å²) in [5.74, 6) is 0.620. The number of hydrogen-bond acceptors (Lipinski definition) is 3. The minimum absolute atomic E-state index is 0.351. The van der Waals surface area contributed by atoms with Gasteiger partial charge in [-0.2, -0.15) is 5.10 Å². The van der Waals surface area contributed by atoms with Gasteiger partial charge >= 0.3 is 0 Å². The van der Waals surface area contributed by atoms with Crippen LogP contribution in [-0.2, 0) is 11.8 Å². The first-order chi connectivity index (χ1) is 8.50. The van der Waals surface area contributed by atoms with E-state index in [1.165, 1.54) is 5.56 Å². The summed E-state index contributed by atoms with van der Waals surface area (Å²) in [6, 6.07) is 0.351. The van der Waals surface area contributed by atoms with Crippen LogP contribution in [0.2, 0.25) is 0 Å². The van der Waals surface area contributed by atoms with E-state index in [4.69, 9.17) is 4.74 Å². The third-order valence-corrected chi connectivity index (χ3v) is 2.89. The molecule has 1 aromatic rings. The molecule has 0 saturated heterocycles. The van der Waals surface area contributed by atoms with Gasteiger partial charge in [-0.05, 0) is 32.7 Å². The fraction of sp³-hybridized carbons (Fsp3) is 0.786. The van der Waals surface area contributed by atoms with Crippen LogP contribution in [0.5, 0.6) is 0 Å². The fourth-order valence-electron chi connectivity index (χ4n) is 1.96. The lowest BCUT2D eigenvalue weighted by Crippen LogP contribution is -2.21. The van der Waals surface area contributed by atoms with E-state index in [1.54, 1.807) is 0 Å². The zero-order valence-electron chi connectivity index (χ0n) is 12.4. The van der Waals surface area contributed by atoms with Gasteiger partial charge in [0.05, 0.1) is 5.69 Å². The normalized spacial score (nSPS) is 13.2. The van der Waals surface area contributed by atoms with E-state index in [0.29, 0.717) is 12.0 Å². The van der Waals surface area contributed by atoms with E-state index in [0.717, 1.165) is 31.9 Å². The van der Waals surface area contributed by atoms with Gasteiger partial charge in [-0.3, -0.25) is 4.68 Å². The van der Waals surface area contributed by atoms with Gasteiger partial charge in [0.25, 0.3) is 0 Å². The molecule has 0 radical (unpaired) electrons. The molecule has 4 heteroatoms. The first kappa shape index (κ1) is 15.2. The Morgan fingerprint density at radius 1 is 1.39 bits per heavy atom. The largest absolute Gasteiger partial charge is 0.381 e. The Kier molecular flexibility index (Phi) is 6.36. The van der Waals surface area contributed by atoms with E-state index in [2.05, 4.69) is 44.3 Å². The molecule has 0 aromatic carbocycles. The third-order valence-electron chi connectivity index (χ3n) is 2.89. The Bertz CT molecular complexity index is 347. The third kappa shape index (κ3) is 5.19. The SMILES string of the molecule is Cc1nn(C)cc1C(C)NCCCOCC(C)C. The molecule has 1 N–H and O–H groups in total. The molecule has 0 fully saturated rings. The molecule has 0 bridgehead atoms. The molecule has 1 rings (SSSR count). The van der Waals surface area contributed by atoms with Crippen molar-refractivity contribution in [2.75, 3.05) is 19.8 Å². The van der Waals surface area contributed by atoms with Crippen LogP contribution in [0.3, 0.4) is 0 Å². The molecule has 1 heterocycles. The molecule has 18 heavy (non-hydrogen) atoms. The smallest absolute Gasteiger partial charge is 0.0641 e. The van der Waals surface area contributed by atoms with Gasteiger partial charge < -0.3 is 10.1 Å². The van der Waals surface area contributed by atoms with Crippen LogP contribution < -0.4 is 5.32 Å². The molecule has 104 valence electrons. The van der Waals surface area contributed by atoms with Gasteiger partial charge in [0.1, 0.15) is 0 Å². The topological polar surface area (TPSA) is 39.1 Å². The summed E-state index contributed by atoms with van der Waals surface area (Å²) >= 11 is 0. The zero-order chi connectivity index (χ0) is 13.5. The maximum Gasteiger partial charge on any atom is 0.0641 e. The number of ether oxygens (including phenoxy) is 1. The lowest BCUT2D eigenvalue weighted by Gasteiger charge is -2.13. The van der Waals surface area contributed by atoms with Crippen molar-refractivity contribution >= 4 is 0 Å². The molecular formula is C14H27N3O. The van der Waals surface area contributed by atoms with Crippen LogP contribution in [0.15, 0.2) is 6.20 Å². The number of rotatable bonds is 8. The van der Waals surface area contributed by atoms with E-state index < -0.39 is 0 Å². The summed E-state index contributed by atoms with van der Waals surface area (Å²) in [7, 11) is 1.96. The van der Waals surface area contributed by atoms with Gasteiger partial charge in [0, 0.05) is 38.1 Å². The first-order valence-electron chi connectivity index (χ1n) is 6.82. The highest BCUT2D eigenvalue weighted by molar-refractivity contribution is 5.19. The quantitative estimate of drug-likeness (QED) is 0.723. The molecule has 0 spiro atoms. The summed E-state index contributed by atoms with van der Waals surface area (Å²) in [6.45, 7) is 11.3. The second-order valence-electron chi connectivity index (χ2n) is 5.34. The number of nitrogens with one attached hydrogen (secondary N) is 1. The van der Waals surface area contributed by atoms with Gasteiger partial charge in [0.15, 0.2) is 0 Å². The van der Waals surface area contributed by atoms with Crippen LogP contribution in [0.1, 0.15) is 44.5 Å². The second-order valence-corrected chi connectivity index (χ2v) is 5.34. The van der Waals surface area contributed by atoms with Crippen molar-refractivity contribution in [3.8, 4) is 0 Å². The van der Waals surface area contributed by atoms with Gasteiger partial charge in [0.2, 0.25) is 0 Å². The number of aromatic nitrogens is 2. The molecular weight excluding hydrogens is 226 g/mol. The molecule has 1 aromatic heterocycles. The zero-order valence-corrected chi connectivity index (χ0v) is 12.4. The second kappa shape index (κ2) is 7.54. The van der Waals surface area contributed by atoms with Crippen LogP contribution >= 0.6 is 0 Å². The Balaban J connectivity index is 2.17. The van der Waals surface area contributed by atoms with Crippen molar-refractivity contribution in [1.82, 2.24) is 15.1 Å². The lowest BCUT2D eigenvalue weighted by atomic mass is 10.1. The van der Waals surface area contributed by atoms with E-state index >= 15 is 0 Å². The van der Waals surface area contributed by atoms with Crippen molar-refractivity contribution in [2.24, 2.45) is 13.0 Å². The molecule has 0 aliphatic heterocycles. The number of hydrogen-bond donors (Lipinski definition) is 1. The first-order valence-corrected chi connectivity index (χ1v) is 6.82. The number of nitrogens with zero attached hydrogens (tertiary/aromatic N) is 2. The average Bonchev–Trinajstić information content (AvgIpc) is 2.62. The van der Waals surface area contributed by atoms with E-state index in [1.807, 2.05) is 11.7 Å². The molecule has 0 aliphatic carbocycles. The predicted octanol–water partition coefficient (Wildman–Crippen LogP) is 2.44. The maximum absolute atomic E-state index is 5.55. The highest BCUT2D eigenvalue weighted by Crippen LogP contribution is 2.15. The molecule has 1 unspecified atom stereocenters. The Labute approximate surface area is 111 Å². The van der Waals surface area contributed by atoms with E-state index in [-0.39, 0.29) is 0 Å². The number of aryl methyl sites for hydroxylation is 2. The van der Waals surface area contributed by atoms with Crippen LogP contribution in [0.4, 0.5) is 0 Å². The minimum Gasteiger partial charge on any atom is -0.381 e. The Morgan fingerprint density at radius 2 is 2.11 bits per heavy atom. The molecule has 0 saturated carbocycles. The van der Waals surface area contributed by atoms with Gasteiger partial charge in [-0.25, -0.2) is 0 Å². The average molecular weight is 253 g/mol. The van der Waals surface area contributed by atoms with Crippen LogP contribution in [0, 0.1) is 12.8 Å². The van der Waals surface area contributed by atoms with Crippen molar-refractivity contribution in [3.63, 3.8) is 0 Å². The van der Waals surface area contributed by atoms with Crippen molar-refractivity contribution in [3.05, 3.63) is 17.5 Å². The highest BCUT2D eigenvalue weighted by atomic mass is 16.5. The van der Waals surface area contributed by atoms with Gasteiger partial charge in [-0.1, -0.05) is 13.8 Å². The molecule has 1 atom stereocenters. The van der Waals surface area contributed by atoms with Crippen molar-refractivity contribution in [1.29, 1.82) is 0 Å². The maximum atomic E-state index is 5.55. The van der Waals surface area contributed by atoms with Crippen LogP contribution in [-0.4, -0.2) is 29.5 Å². The fourth-order valence-corrected chi connectivity index (χ4v) is 1.96. The predicted molar refractivity (Wildman–Crippen MR) is 74.6 cm³/mol. The molecule has 0 amide bonds. The lowest BCUT2D eigenvalue weighted by molar-refractivity contribution is 0.107. The Morgan fingerprint density at radius 3 is 2.67 bits per heavy atom. The van der Waals surface area contributed by atoms with Gasteiger partial charge in [-0.15, -0.1) is 0 Å². The monoisotopic (exact) mass is 253 g/mol. The summed E-state index contributed by atoms with van der Waals surface area (Å²) in [4.78, 5) is 0. The molecule has 0 aliphatic rings. The minimum atomic E-state index is 0.351. The molecule has 4 nitrogen and oxygen atoms in total.